The molecule has 1 aliphatic heterocycles. The summed E-state index contributed by atoms with van der Waals surface area (Å²) in [6.45, 7) is 1.94. The van der Waals surface area contributed by atoms with E-state index in [9.17, 15) is 4.79 Å². The third kappa shape index (κ3) is 1.78. The van der Waals surface area contributed by atoms with E-state index in [0.717, 1.165) is 31.4 Å². The van der Waals surface area contributed by atoms with Crippen LogP contribution in [0.1, 0.15) is 11.3 Å². The molecule has 0 saturated carbocycles. The smallest absolute Gasteiger partial charge is 0.323 e. The van der Waals surface area contributed by atoms with Crippen molar-refractivity contribution in [1.29, 1.82) is 0 Å². The van der Waals surface area contributed by atoms with Crippen molar-refractivity contribution in [3.05, 3.63) is 35.5 Å². The van der Waals surface area contributed by atoms with Gasteiger partial charge in [-0.2, -0.15) is 0 Å². The largest absolute Gasteiger partial charge is 0.480 e. The Hall–Kier alpha value is -1.81. The molecule has 0 spiro atoms. The van der Waals surface area contributed by atoms with Crippen molar-refractivity contribution in [3.8, 4) is 0 Å². The number of nitrogens with one attached hydrogen (secondary N) is 1. The van der Waals surface area contributed by atoms with Crippen LogP contribution >= 0.6 is 0 Å². The Labute approximate surface area is 105 Å². The number of para-hydroxylation sites is 1. The highest BCUT2D eigenvalue weighted by Gasteiger charge is 2.19. The number of benzene rings is 1. The maximum absolute atomic E-state index is 11.0. The second kappa shape index (κ2) is 4.46. The van der Waals surface area contributed by atoms with Crippen LogP contribution in [0.2, 0.25) is 0 Å². The number of aromatic nitrogens is 1. The number of aliphatic carboxylic acids is 1. The lowest BCUT2D eigenvalue weighted by atomic mass is 10.1. The standard InChI is InChI=1S/C14H16N2O2/c17-14(18)9-16-12-4-2-1-3-10(12)11-5-7-15-8-6-13(11)16/h1-4,15H,5-9H2,(H,17,18). The summed E-state index contributed by atoms with van der Waals surface area (Å²) in [6, 6.07) is 8.10. The number of carbonyl (C=O) groups is 1. The Balaban J connectivity index is 2.24. The molecule has 1 aromatic carbocycles. The van der Waals surface area contributed by atoms with E-state index in [1.165, 1.54) is 16.6 Å². The van der Waals surface area contributed by atoms with Gasteiger partial charge in [0.15, 0.2) is 0 Å². The van der Waals surface area contributed by atoms with E-state index in [1.807, 2.05) is 22.8 Å². The molecule has 2 aromatic rings. The van der Waals surface area contributed by atoms with Gasteiger partial charge in [-0.3, -0.25) is 4.79 Å². The SMILES string of the molecule is O=C(O)Cn1c2c(c3ccccc31)CCNCC2. The summed E-state index contributed by atoms with van der Waals surface area (Å²) in [5, 5.41) is 13.7. The molecule has 94 valence electrons. The molecule has 1 aliphatic rings. The van der Waals surface area contributed by atoms with Gasteiger partial charge < -0.3 is 15.0 Å². The van der Waals surface area contributed by atoms with Crippen molar-refractivity contribution in [3.63, 3.8) is 0 Å². The number of hydrogen-bond donors (Lipinski definition) is 2. The molecule has 0 amide bonds. The highest BCUT2D eigenvalue weighted by Crippen LogP contribution is 2.28. The first-order chi connectivity index (χ1) is 8.77. The average Bonchev–Trinajstić information content (AvgIpc) is 2.55. The van der Waals surface area contributed by atoms with Gasteiger partial charge >= 0.3 is 5.97 Å². The van der Waals surface area contributed by atoms with Gasteiger partial charge in [0.25, 0.3) is 0 Å². The Morgan fingerprint density at radius 2 is 2.06 bits per heavy atom. The van der Waals surface area contributed by atoms with Crippen molar-refractivity contribution in [2.75, 3.05) is 13.1 Å². The Morgan fingerprint density at radius 1 is 1.28 bits per heavy atom. The first-order valence-electron chi connectivity index (χ1n) is 6.29. The summed E-state index contributed by atoms with van der Waals surface area (Å²) < 4.78 is 1.96. The second-order valence-electron chi connectivity index (χ2n) is 4.67. The van der Waals surface area contributed by atoms with Gasteiger partial charge in [-0.15, -0.1) is 0 Å². The summed E-state index contributed by atoms with van der Waals surface area (Å²) in [6.07, 6.45) is 1.87. The van der Waals surface area contributed by atoms with Crippen LogP contribution in [-0.4, -0.2) is 28.7 Å². The minimum absolute atomic E-state index is 0.0514. The van der Waals surface area contributed by atoms with Crippen molar-refractivity contribution in [1.82, 2.24) is 9.88 Å². The molecule has 2 heterocycles. The van der Waals surface area contributed by atoms with Crippen LogP contribution in [0.15, 0.2) is 24.3 Å². The zero-order valence-corrected chi connectivity index (χ0v) is 10.1. The van der Waals surface area contributed by atoms with Crippen LogP contribution < -0.4 is 5.32 Å². The zero-order valence-electron chi connectivity index (χ0n) is 10.1. The van der Waals surface area contributed by atoms with E-state index in [-0.39, 0.29) is 6.54 Å². The van der Waals surface area contributed by atoms with E-state index in [4.69, 9.17) is 5.11 Å². The summed E-state index contributed by atoms with van der Waals surface area (Å²) in [7, 11) is 0. The zero-order chi connectivity index (χ0) is 12.5. The maximum atomic E-state index is 11.0. The third-order valence-corrected chi connectivity index (χ3v) is 3.58. The number of nitrogens with zero attached hydrogens (tertiary/aromatic N) is 1. The first-order valence-corrected chi connectivity index (χ1v) is 6.29. The quantitative estimate of drug-likeness (QED) is 0.840. The summed E-state index contributed by atoms with van der Waals surface area (Å²) in [4.78, 5) is 11.0. The van der Waals surface area contributed by atoms with E-state index < -0.39 is 5.97 Å². The molecule has 3 rings (SSSR count). The van der Waals surface area contributed by atoms with Crippen LogP contribution in [-0.2, 0) is 24.2 Å². The molecular weight excluding hydrogens is 228 g/mol. The number of carboxylic acid groups (broad SMARTS) is 1. The number of fused-ring (bicyclic) bond motifs is 3. The molecule has 1 aromatic heterocycles. The third-order valence-electron chi connectivity index (χ3n) is 3.58. The van der Waals surface area contributed by atoms with Gasteiger partial charge in [0.05, 0.1) is 0 Å². The van der Waals surface area contributed by atoms with Crippen molar-refractivity contribution in [2.45, 2.75) is 19.4 Å². The van der Waals surface area contributed by atoms with Gasteiger partial charge in [-0.25, -0.2) is 0 Å². The van der Waals surface area contributed by atoms with Gasteiger partial charge in [0.2, 0.25) is 0 Å². The highest BCUT2D eigenvalue weighted by molar-refractivity contribution is 5.87. The van der Waals surface area contributed by atoms with Crippen LogP contribution in [0, 0.1) is 0 Å². The molecule has 2 N–H and O–H groups in total. The van der Waals surface area contributed by atoms with E-state index in [0.29, 0.717) is 0 Å². The first kappa shape index (κ1) is 11.3. The van der Waals surface area contributed by atoms with Gasteiger partial charge in [-0.05, 0) is 24.6 Å². The fraction of sp³-hybridized carbons (Fsp3) is 0.357. The van der Waals surface area contributed by atoms with Crippen LogP contribution in [0.4, 0.5) is 0 Å². The highest BCUT2D eigenvalue weighted by atomic mass is 16.4. The molecule has 0 aliphatic carbocycles. The minimum Gasteiger partial charge on any atom is -0.480 e. The van der Waals surface area contributed by atoms with Crippen LogP contribution in [0.25, 0.3) is 10.9 Å². The number of rotatable bonds is 2. The average molecular weight is 244 g/mol. The monoisotopic (exact) mass is 244 g/mol. The molecule has 0 radical (unpaired) electrons. The number of hydrogen-bond acceptors (Lipinski definition) is 2. The molecule has 0 fully saturated rings. The molecule has 0 saturated heterocycles. The summed E-state index contributed by atoms with van der Waals surface area (Å²) >= 11 is 0. The lowest BCUT2D eigenvalue weighted by Crippen LogP contribution is -2.18. The molecule has 4 nitrogen and oxygen atoms in total. The normalized spacial score (nSPS) is 15.3. The fourth-order valence-corrected chi connectivity index (χ4v) is 2.85. The van der Waals surface area contributed by atoms with Gasteiger partial charge in [-0.1, -0.05) is 18.2 Å². The van der Waals surface area contributed by atoms with Crippen molar-refractivity contribution < 1.29 is 9.90 Å². The summed E-state index contributed by atoms with van der Waals surface area (Å²) in [5.74, 6) is -0.782. The number of carboxylic acids is 1. The van der Waals surface area contributed by atoms with E-state index in [2.05, 4.69) is 11.4 Å². The summed E-state index contributed by atoms with van der Waals surface area (Å²) in [5.41, 5.74) is 3.55. The Morgan fingerprint density at radius 3 is 2.89 bits per heavy atom. The maximum Gasteiger partial charge on any atom is 0.323 e. The molecule has 4 heteroatoms. The molecule has 0 bridgehead atoms. The lowest BCUT2D eigenvalue weighted by Gasteiger charge is -2.07. The second-order valence-corrected chi connectivity index (χ2v) is 4.67. The Kier molecular flexibility index (Phi) is 2.80. The van der Waals surface area contributed by atoms with Crippen LogP contribution in [0.5, 0.6) is 0 Å². The van der Waals surface area contributed by atoms with Crippen molar-refractivity contribution >= 4 is 16.9 Å². The predicted molar refractivity (Wildman–Crippen MR) is 69.9 cm³/mol. The lowest BCUT2D eigenvalue weighted by molar-refractivity contribution is -0.137. The van der Waals surface area contributed by atoms with Crippen molar-refractivity contribution in [2.24, 2.45) is 0 Å². The van der Waals surface area contributed by atoms with E-state index in [1.54, 1.807) is 0 Å². The molecular formula is C14H16N2O2. The topological polar surface area (TPSA) is 54.3 Å². The fourth-order valence-electron chi connectivity index (χ4n) is 2.85. The van der Waals surface area contributed by atoms with Crippen LogP contribution in [0.3, 0.4) is 0 Å². The predicted octanol–water partition coefficient (Wildman–Crippen LogP) is 1.41. The molecule has 0 atom stereocenters. The Bertz CT molecular complexity index is 601. The molecule has 18 heavy (non-hydrogen) atoms. The minimum atomic E-state index is -0.782. The molecule has 0 unspecified atom stereocenters. The van der Waals surface area contributed by atoms with E-state index >= 15 is 0 Å². The van der Waals surface area contributed by atoms with Gasteiger partial charge in [0.1, 0.15) is 6.54 Å². The van der Waals surface area contributed by atoms with Gasteiger partial charge in [0, 0.05) is 29.6 Å².